The first-order valence-corrected chi connectivity index (χ1v) is 11.3. The van der Waals surface area contributed by atoms with Crippen molar-refractivity contribution >= 4 is 22.8 Å². The summed E-state index contributed by atoms with van der Waals surface area (Å²) in [6, 6.07) is 9.03. The Morgan fingerprint density at radius 3 is 2.94 bits per heavy atom. The highest BCUT2D eigenvalue weighted by Crippen LogP contribution is 2.34. The first-order valence-electron chi connectivity index (χ1n) is 11.3. The van der Waals surface area contributed by atoms with E-state index in [2.05, 4.69) is 25.8 Å². The molecule has 9 nitrogen and oxygen atoms in total. The van der Waals surface area contributed by atoms with Crippen molar-refractivity contribution in [3.05, 3.63) is 59.9 Å². The second-order valence-electron chi connectivity index (χ2n) is 8.60. The molecule has 0 saturated heterocycles. The van der Waals surface area contributed by atoms with Gasteiger partial charge in [0.25, 0.3) is 0 Å². The van der Waals surface area contributed by atoms with Crippen molar-refractivity contribution in [3.8, 4) is 11.6 Å². The molecular weight excluding hydrogens is 420 g/mol. The average Bonchev–Trinajstić information content (AvgIpc) is 3.59. The van der Waals surface area contributed by atoms with Crippen molar-refractivity contribution in [1.29, 1.82) is 0 Å². The monoisotopic (exact) mass is 444 g/mol. The van der Waals surface area contributed by atoms with E-state index in [1.165, 1.54) is 25.6 Å². The Labute approximate surface area is 190 Å². The van der Waals surface area contributed by atoms with Crippen molar-refractivity contribution in [3.63, 3.8) is 0 Å². The van der Waals surface area contributed by atoms with Gasteiger partial charge in [-0.15, -0.1) is 0 Å². The minimum absolute atomic E-state index is 0.290. The van der Waals surface area contributed by atoms with Gasteiger partial charge in [0.05, 0.1) is 16.8 Å². The molecule has 1 aromatic carbocycles. The van der Waals surface area contributed by atoms with Crippen LogP contribution in [0.4, 0.5) is 10.6 Å². The molecular formula is C24H24N6O3. The SMILES string of the molecule is O=C(Nc1cc(C2CCCCC2)on1)n1ccc2cc(Oc3ncnc4c3CNC4)ccc21. The van der Waals surface area contributed by atoms with Gasteiger partial charge in [-0.25, -0.2) is 14.8 Å². The quantitative estimate of drug-likeness (QED) is 0.459. The molecule has 3 aromatic heterocycles. The number of rotatable bonds is 4. The molecule has 9 heteroatoms. The number of hydrogen-bond acceptors (Lipinski definition) is 7. The smallest absolute Gasteiger partial charge is 0.331 e. The number of ether oxygens (including phenoxy) is 1. The molecule has 0 bridgehead atoms. The van der Waals surface area contributed by atoms with Crippen LogP contribution >= 0.6 is 0 Å². The van der Waals surface area contributed by atoms with Crippen LogP contribution in [0.1, 0.15) is 55.0 Å². The number of carbonyl (C=O) groups is 1. The molecule has 1 saturated carbocycles. The van der Waals surface area contributed by atoms with Gasteiger partial charge in [0.1, 0.15) is 17.8 Å². The highest BCUT2D eigenvalue weighted by Gasteiger charge is 2.21. The van der Waals surface area contributed by atoms with Gasteiger partial charge in [-0.05, 0) is 37.1 Å². The maximum absolute atomic E-state index is 12.9. The van der Waals surface area contributed by atoms with Crippen LogP contribution in [0.3, 0.4) is 0 Å². The summed E-state index contributed by atoms with van der Waals surface area (Å²) < 4.78 is 13.1. The molecule has 4 heterocycles. The maximum atomic E-state index is 12.9. The molecule has 1 aliphatic heterocycles. The van der Waals surface area contributed by atoms with Crippen molar-refractivity contribution in [2.24, 2.45) is 0 Å². The second-order valence-corrected chi connectivity index (χ2v) is 8.60. The van der Waals surface area contributed by atoms with Gasteiger partial charge in [-0.3, -0.25) is 9.88 Å². The van der Waals surface area contributed by atoms with E-state index in [9.17, 15) is 4.79 Å². The Bertz CT molecular complexity index is 1320. The molecule has 2 aliphatic rings. The number of amides is 1. The largest absolute Gasteiger partial charge is 0.439 e. The Hall–Kier alpha value is -3.72. The van der Waals surface area contributed by atoms with Crippen molar-refractivity contribution in [2.45, 2.75) is 51.1 Å². The second kappa shape index (κ2) is 8.32. The standard InChI is InChI=1S/C24H24N6O3/c31-24(28-22-11-21(33-29-22)15-4-2-1-3-5-15)30-9-8-16-10-17(6-7-20(16)30)32-23-18-12-25-13-19(18)26-14-27-23/h6-11,14-15,25H,1-5,12-13H2,(H,28,29,31). The topological polar surface area (TPSA) is 107 Å². The number of anilines is 1. The zero-order valence-electron chi connectivity index (χ0n) is 18.1. The van der Waals surface area contributed by atoms with E-state index < -0.39 is 0 Å². The minimum atomic E-state index is -0.290. The highest BCUT2D eigenvalue weighted by molar-refractivity contribution is 5.98. The summed E-state index contributed by atoms with van der Waals surface area (Å²) in [4.78, 5) is 21.5. The van der Waals surface area contributed by atoms with Gasteiger partial charge < -0.3 is 14.6 Å². The normalized spacial score (nSPS) is 16.1. The van der Waals surface area contributed by atoms with Crippen LogP contribution in [0.15, 0.2) is 47.4 Å². The first-order chi connectivity index (χ1) is 16.2. The van der Waals surface area contributed by atoms with Gasteiger partial charge in [-0.1, -0.05) is 24.4 Å². The molecule has 1 aliphatic carbocycles. The summed E-state index contributed by atoms with van der Waals surface area (Å²) in [6.07, 6.45) is 9.19. The lowest BCUT2D eigenvalue weighted by Crippen LogP contribution is -2.18. The predicted molar refractivity (Wildman–Crippen MR) is 121 cm³/mol. The lowest BCUT2D eigenvalue weighted by molar-refractivity contribution is 0.254. The van der Waals surface area contributed by atoms with Crippen LogP contribution in [0, 0.1) is 0 Å². The molecule has 0 spiro atoms. The van der Waals surface area contributed by atoms with Gasteiger partial charge in [0.15, 0.2) is 5.82 Å². The fraction of sp³-hybridized carbons (Fsp3) is 0.333. The van der Waals surface area contributed by atoms with Crippen molar-refractivity contribution in [1.82, 2.24) is 25.0 Å². The summed E-state index contributed by atoms with van der Waals surface area (Å²) >= 11 is 0. The number of fused-ring (bicyclic) bond motifs is 2. The molecule has 6 rings (SSSR count). The fourth-order valence-corrected chi connectivity index (χ4v) is 4.72. The Morgan fingerprint density at radius 2 is 2.03 bits per heavy atom. The molecule has 2 N–H and O–H groups in total. The Balaban J connectivity index is 1.19. The summed E-state index contributed by atoms with van der Waals surface area (Å²) in [5, 5.41) is 11.0. The number of benzene rings is 1. The number of nitrogens with zero attached hydrogens (tertiary/aromatic N) is 4. The molecule has 0 radical (unpaired) electrons. The zero-order chi connectivity index (χ0) is 22.2. The van der Waals surface area contributed by atoms with E-state index in [1.54, 1.807) is 10.8 Å². The fourth-order valence-electron chi connectivity index (χ4n) is 4.72. The number of nitrogens with one attached hydrogen (secondary N) is 2. The van der Waals surface area contributed by atoms with Crippen LogP contribution < -0.4 is 15.4 Å². The number of aromatic nitrogens is 4. The van der Waals surface area contributed by atoms with E-state index in [4.69, 9.17) is 9.26 Å². The minimum Gasteiger partial charge on any atom is -0.439 e. The third-order valence-corrected chi connectivity index (χ3v) is 6.46. The van der Waals surface area contributed by atoms with Crippen molar-refractivity contribution < 1.29 is 14.1 Å². The van der Waals surface area contributed by atoms with Gasteiger partial charge in [-0.2, -0.15) is 0 Å². The van der Waals surface area contributed by atoms with E-state index in [-0.39, 0.29) is 6.03 Å². The lowest BCUT2D eigenvalue weighted by atomic mass is 9.87. The number of hydrogen-bond donors (Lipinski definition) is 2. The highest BCUT2D eigenvalue weighted by atomic mass is 16.5. The summed E-state index contributed by atoms with van der Waals surface area (Å²) in [5.41, 5.74) is 2.71. The Kier molecular flexibility index (Phi) is 5.03. The van der Waals surface area contributed by atoms with Crippen LogP contribution in [-0.2, 0) is 13.1 Å². The van der Waals surface area contributed by atoms with Crippen LogP contribution in [0.5, 0.6) is 11.6 Å². The third-order valence-electron chi connectivity index (χ3n) is 6.46. The Morgan fingerprint density at radius 1 is 1.12 bits per heavy atom. The molecule has 1 amide bonds. The van der Waals surface area contributed by atoms with Crippen molar-refractivity contribution in [2.75, 3.05) is 5.32 Å². The van der Waals surface area contributed by atoms with Crippen LogP contribution in [0.2, 0.25) is 0 Å². The van der Waals surface area contributed by atoms with E-state index in [0.29, 0.717) is 29.9 Å². The molecule has 168 valence electrons. The van der Waals surface area contributed by atoms with E-state index in [0.717, 1.165) is 47.3 Å². The third kappa shape index (κ3) is 3.84. The van der Waals surface area contributed by atoms with E-state index >= 15 is 0 Å². The molecule has 33 heavy (non-hydrogen) atoms. The van der Waals surface area contributed by atoms with Crippen LogP contribution in [0.25, 0.3) is 10.9 Å². The molecule has 0 atom stereocenters. The summed E-state index contributed by atoms with van der Waals surface area (Å²) in [6.45, 7) is 1.41. The molecule has 1 fully saturated rings. The lowest BCUT2D eigenvalue weighted by Gasteiger charge is -2.18. The average molecular weight is 444 g/mol. The van der Waals surface area contributed by atoms with Crippen LogP contribution in [-0.4, -0.2) is 25.7 Å². The molecule has 4 aromatic rings. The maximum Gasteiger partial charge on any atom is 0.331 e. The molecule has 0 unspecified atom stereocenters. The predicted octanol–water partition coefficient (Wildman–Crippen LogP) is 4.94. The van der Waals surface area contributed by atoms with Gasteiger partial charge in [0.2, 0.25) is 5.88 Å². The van der Waals surface area contributed by atoms with Gasteiger partial charge >= 0.3 is 6.03 Å². The van der Waals surface area contributed by atoms with Gasteiger partial charge in [0, 0.05) is 36.7 Å². The van der Waals surface area contributed by atoms with E-state index in [1.807, 2.05) is 30.3 Å². The first kappa shape index (κ1) is 19.9. The zero-order valence-corrected chi connectivity index (χ0v) is 18.1. The summed E-state index contributed by atoms with van der Waals surface area (Å²) in [7, 11) is 0. The number of carbonyl (C=O) groups excluding carboxylic acids is 1. The summed E-state index contributed by atoms with van der Waals surface area (Å²) in [5.74, 6) is 2.90.